The first-order valence-electron chi connectivity index (χ1n) is 9.56. The van der Waals surface area contributed by atoms with Crippen molar-refractivity contribution >= 4 is 34.1 Å². The van der Waals surface area contributed by atoms with Gasteiger partial charge in [-0.15, -0.1) is 0 Å². The maximum Gasteiger partial charge on any atom is 0.338 e. The molecule has 0 bridgehead atoms. The van der Waals surface area contributed by atoms with Crippen LogP contribution in [0.1, 0.15) is 30.0 Å². The fourth-order valence-corrected chi connectivity index (χ4v) is 3.61. The lowest BCUT2D eigenvalue weighted by Gasteiger charge is -2.19. The number of ether oxygens (including phenoxy) is 1. The Kier molecular flexibility index (Phi) is 4.80. The number of imidazole rings is 1. The SMILES string of the molecule is CCOC(=O)c1ccc(N2CC(O)=C(c3nc4ccccc4n3CC)C2=N)cc1. The van der Waals surface area contributed by atoms with E-state index in [0.717, 1.165) is 11.0 Å². The number of nitrogens with one attached hydrogen (secondary N) is 1. The Morgan fingerprint density at radius 3 is 2.59 bits per heavy atom. The second-order valence-corrected chi connectivity index (χ2v) is 6.69. The van der Waals surface area contributed by atoms with Crippen molar-refractivity contribution in [3.05, 3.63) is 65.7 Å². The molecule has 4 rings (SSSR count). The fraction of sp³-hybridized carbons (Fsp3) is 0.227. The zero-order valence-electron chi connectivity index (χ0n) is 16.3. The Bertz CT molecular complexity index is 1130. The average molecular weight is 390 g/mol. The number of rotatable bonds is 5. The summed E-state index contributed by atoms with van der Waals surface area (Å²) in [6.45, 7) is 4.95. The molecule has 29 heavy (non-hydrogen) atoms. The molecule has 0 unspecified atom stereocenters. The molecule has 2 N–H and O–H groups in total. The molecule has 0 radical (unpaired) electrons. The Hall–Kier alpha value is -3.61. The van der Waals surface area contributed by atoms with E-state index in [2.05, 4.69) is 4.98 Å². The molecule has 148 valence electrons. The van der Waals surface area contributed by atoms with Crippen LogP contribution < -0.4 is 4.90 Å². The summed E-state index contributed by atoms with van der Waals surface area (Å²) in [5.41, 5.74) is 3.39. The number of aliphatic hydroxyl groups is 1. The number of hydrogen-bond donors (Lipinski definition) is 2. The van der Waals surface area contributed by atoms with Crippen LogP contribution in [0.15, 0.2) is 54.3 Å². The number of amidine groups is 1. The van der Waals surface area contributed by atoms with E-state index in [1.807, 2.05) is 35.8 Å². The number of hydrogen-bond acceptors (Lipinski definition) is 5. The zero-order chi connectivity index (χ0) is 20.5. The lowest BCUT2D eigenvalue weighted by Crippen LogP contribution is -2.26. The van der Waals surface area contributed by atoms with Crippen molar-refractivity contribution in [2.45, 2.75) is 20.4 Å². The predicted molar refractivity (Wildman–Crippen MR) is 112 cm³/mol. The first kappa shape index (κ1) is 18.7. The smallest absolute Gasteiger partial charge is 0.338 e. The molecule has 0 fully saturated rings. The van der Waals surface area contributed by atoms with Gasteiger partial charge in [-0.3, -0.25) is 5.41 Å². The van der Waals surface area contributed by atoms with Crippen molar-refractivity contribution < 1.29 is 14.6 Å². The largest absolute Gasteiger partial charge is 0.509 e. The van der Waals surface area contributed by atoms with Crippen molar-refractivity contribution in [1.29, 1.82) is 5.41 Å². The topological polar surface area (TPSA) is 91.4 Å². The number of aromatic nitrogens is 2. The molecule has 0 amide bonds. The molecule has 2 heterocycles. The number of para-hydroxylation sites is 2. The summed E-state index contributed by atoms with van der Waals surface area (Å²) < 4.78 is 7.01. The highest BCUT2D eigenvalue weighted by atomic mass is 16.5. The van der Waals surface area contributed by atoms with Crippen LogP contribution in [0.3, 0.4) is 0 Å². The van der Waals surface area contributed by atoms with E-state index in [9.17, 15) is 9.90 Å². The molecule has 0 atom stereocenters. The van der Waals surface area contributed by atoms with Gasteiger partial charge in [0.05, 0.1) is 35.3 Å². The number of nitrogens with zero attached hydrogens (tertiary/aromatic N) is 3. The van der Waals surface area contributed by atoms with Crippen molar-refractivity contribution in [3.8, 4) is 0 Å². The minimum absolute atomic E-state index is 0.106. The summed E-state index contributed by atoms with van der Waals surface area (Å²) in [6.07, 6.45) is 0. The molecule has 7 nitrogen and oxygen atoms in total. The van der Waals surface area contributed by atoms with Gasteiger partial charge >= 0.3 is 5.97 Å². The number of fused-ring (bicyclic) bond motifs is 1. The third-order valence-corrected chi connectivity index (χ3v) is 4.99. The maximum atomic E-state index is 11.8. The van der Waals surface area contributed by atoms with Crippen LogP contribution in [0.2, 0.25) is 0 Å². The van der Waals surface area contributed by atoms with E-state index < -0.39 is 0 Å². The highest BCUT2D eigenvalue weighted by Gasteiger charge is 2.32. The fourth-order valence-electron chi connectivity index (χ4n) is 3.61. The van der Waals surface area contributed by atoms with E-state index in [4.69, 9.17) is 10.1 Å². The Labute approximate surface area is 168 Å². The number of esters is 1. The minimum Gasteiger partial charge on any atom is -0.509 e. The van der Waals surface area contributed by atoms with Crippen LogP contribution in [-0.2, 0) is 11.3 Å². The van der Waals surface area contributed by atoms with Gasteiger partial charge in [0, 0.05) is 12.2 Å². The summed E-state index contributed by atoms with van der Waals surface area (Å²) >= 11 is 0. The second kappa shape index (κ2) is 7.43. The highest BCUT2D eigenvalue weighted by Crippen LogP contribution is 2.32. The van der Waals surface area contributed by atoms with Crippen LogP contribution in [0, 0.1) is 5.41 Å². The minimum atomic E-state index is -0.381. The van der Waals surface area contributed by atoms with Crippen molar-refractivity contribution in [3.63, 3.8) is 0 Å². The summed E-state index contributed by atoms with van der Waals surface area (Å²) in [7, 11) is 0. The molecule has 3 aromatic rings. The van der Waals surface area contributed by atoms with Gasteiger partial charge < -0.3 is 19.3 Å². The summed E-state index contributed by atoms with van der Waals surface area (Å²) in [5, 5.41) is 19.4. The van der Waals surface area contributed by atoms with E-state index in [0.29, 0.717) is 35.8 Å². The molecule has 1 aromatic heterocycles. The first-order valence-corrected chi connectivity index (χ1v) is 9.56. The summed E-state index contributed by atoms with van der Waals surface area (Å²) in [6, 6.07) is 14.6. The molecule has 1 aliphatic rings. The molecule has 2 aromatic carbocycles. The van der Waals surface area contributed by atoms with Gasteiger partial charge in [-0.1, -0.05) is 12.1 Å². The first-order chi connectivity index (χ1) is 14.0. The van der Waals surface area contributed by atoms with Crippen LogP contribution >= 0.6 is 0 Å². The van der Waals surface area contributed by atoms with Crippen LogP contribution in [0.4, 0.5) is 5.69 Å². The van der Waals surface area contributed by atoms with Crippen molar-refractivity contribution in [2.24, 2.45) is 0 Å². The summed E-state index contributed by atoms with van der Waals surface area (Å²) in [4.78, 5) is 18.2. The standard InChI is InChI=1S/C22H22N4O3/c1-3-25-17-8-6-5-7-16(17)24-21(25)19-18(27)13-26(20(19)23)15-11-9-14(10-12-15)22(28)29-4-2/h5-12,23,27H,3-4,13H2,1-2H3. The van der Waals surface area contributed by atoms with Gasteiger partial charge in [-0.05, 0) is 50.2 Å². The molecule has 0 spiro atoms. The van der Waals surface area contributed by atoms with Gasteiger partial charge in [0.15, 0.2) is 0 Å². The molecule has 7 heteroatoms. The number of benzene rings is 2. The Morgan fingerprint density at radius 1 is 1.17 bits per heavy atom. The number of aliphatic hydroxyl groups excluding tert-OH is 1. The third-order valence-electron chi connectivity index (χ3n) is 4.99. The van der Waals surface area contributed by atoms with Crippen LogP contribution in [0.5, 0.6) is 0 Å². The van der Waals surface area contributed by atoms with Gasteiger partial charge in [0.2, 0.25) is 0 Å². The van der Waals surface area contributed by atoms with E-state index in [-0.39, 0.29) is 24.1 Å². The number of anilines is 1. The average Bonchev–Trinajstić information content (AvgIpc) is 3.24. The molecule has 0 aliphatic carbocycles. The molecule has 0 saturated heterocycles. The van der Waals surface area contributed by atoms with Crippen LogP contribution in [-0.4, -0.2) is 39.6 Å². The third kappa shape index (κ3) is 3.14. The normalized spacial score (nSPS) is 14.1. The molecule has 1 aliphatic heterocycles. The molecular weight excluding hydrogens is 368 g/mol. The maximum absolute atomic E-state index is 11.8. The molecule has 0 saturated carbocycles. The van der Waals surface area contributed by atoms with Gasteiger partial charge in [0.1, 0.15) is 17.4 Å². The summed E-state index contributed by atoms with van der Waals surface area (Å²) in [5.74, 6) is 0.488. The number of aryl methyl sites for hydroxylation is 1. The van der Waals surface area contributed by atoms with E-state index in [1.54, 1.807) is 36.1 Å². The monoisotopic (exact) mass is 390 g/mol. The predicted octanol–water partition coefficient (Wildman–Crippen LogP) is 4.00. The van der Waals surface area contributed by atoms with Gasteiger partial charge in [-0.25, -0.2) is 9.78 Å². The van der Waals surface area contributed by atoms with Crippen LogP contribution in [0.25, 0.3) is 16.6 Å². The lowest BCUT2D eigenvalue weighted by molar-refractivity contribution is 0.0526. The van der Waals surface area contributed by atoms with Gasteiger partial charge in [-0.2, -0.15) is 0 Å². The van der Waals surface area contributed by atoms with Crippen molar-refractivity contribution in [2.75, 3.05) is 18.1 Å². The number of carbonyl (C=O) groups excluding carboxylic acids is 1. The Balaban J connectivity index is 1.67. The van der Waals surface area contributed by atoms with E-state index >= 15 is 0 Å². The second-order valence-electron chi connectivity index (χ2n) is 6.69. The molecular formula is C22H22N4O3. The highest BCUT2D eigenvalue weighted by molar-refractivity contribution is 6.30. The quantitative estimate of drug-likeness (QED) is 0.643. The number of carbonyl (C=O) groups is 1. The van der Waals surface area contributed by atoms with Crippen molar-refractivity contribution in [1.82, 2.24) is 9.55 Å². The van der Waals surface area contributed by atoms with E-state index in [1.165, 1.54) is 0 Å². The van der Waals surface area contributed by atoms with Gasteiger partial charge in [0.25, 0.3) is 0 Å². The Morgan fingerprint density at radius 2 is 1.90 bits per heavy atom. The lowest BCUT2D eigenvalue weighted by atomic mass is 10.2. The zero-order valence-corrected chi connectivity index (χ0v) is 16.3.